The van der Waals surface area contributed by atoms with E-state index in [-0.39, 0.29) is 11.8 Å². The zero-order valence-electron chi connectivity index (χ0n) is 8.76. The maximum Gasteiger partial charge on any atom is 0.222 e. The number of hydrogen-bond acceptors (Lipinski definition) is 1. The molecule has 74 valence electrons. The van der Waals surface area contributed by atoms with E-state index in [1.54, 1.807) is 0 Å². The van der Waals surface area contributed by atoms with Gasteiger partial charge in [-0.25, -0.2) is 0 Å². The molecule has 0 radical (unpaired) electrons. The topological polar surface area (TPSA) is 29.1 Å². The maximum atomic E-state index is 11.4. The Kier molecular flexibility index (Phi) is 3.52. The van der Waals surface area contributed by atoms with Gasteiger partial charge in [0, 0.05) is 12.0 Å². The molecule has 0 fully saturated rings. The van der Waals surface area contributed by atoms with Gasteiger partial charge in [0.15, 0.2) is 0 Å². The summed E-state index contributed by atoms with van der Waals surface area (Å²) in [5, 5.41) is 3.06. The summed E-state index contributed by atoms with van der Waals surface area (Å²) in [6.45, 7) is 6.01. The lowest BCUT2D eigenvalue weighted by molar-refractivity contribution is -0.124. The van der Waals surface area contributed by atoms with Crippen molar-refractivity contribution in [1.29, 1.82) is 0 Å². The number of nitrogens with one attached hydrogen (secondary N) is 1. The van der Waals surface area contributed by atoms with Crippen LogP contribution in [-0.4, -0.2) is 11.9 Å². The van der Waals surface area contributed by atoms with Crippen LogP contribution in [0, 0.1) is 5.92 Å². The van der Waals surface area contributed by atoms with Crippen molar-refractivity contribution in [3.05, 3.63) is 11.6 Å². The monoisotopic (exact) mass is 181 g/mol. The average molecular weight is 181 g/mol. The van der Waals surface area contributed by atoms with Crippen molar-refractivity contribution in [1.82, 2.24) is 5.32 Å². The zero-order valence-corrected chi connectivity index (χ0v) is 8.76. The lowest BCUT2D eigenvalue weighted by Crippen LogP contribution is -2.38. The van der Waals surface area contributed by atoms with Crippen molar-refractivity contribution < 1.29 is 4.79 Å². The van der Waals surface area contributed by atoms with Crippen molar-refractivity contribution in [2.24, 2.45) is 5.92 Å². The van der Waals surface area contributed by atoms with E-state index in [0.717, 1.165) is 19.3 Å². The molecule has 0 heterocycles. The fourth-order valence-electron chi connectivity index (χ4n) is 1.46. The van der Waals surface area contributed by atoms with Gasteiger partial charge in [0.25, 0.3) is 0 Å². The molecule has 0 bridgehead atoms. The van der Waals surface area contributed by atoms with Gasteiger partial charge < -0.3 is 5.32 Å². The molecule has 1 rings (SSSR count). The second-order valence-electron chi connectivity index (χ2n) is 4.19. The van der Waals surface area contributed by atoms with Gasteiger partial charge in [0.1, 0.15) is 0 Å². The first-order valence-corrected chi connectivity index (χ1v) is 5.05. The highest BCUT2D eigenvalue weighted by Crippen LogP contribution is 2.17. The molecular formula is C11H19NO. The molecule has 1 aliphatic carbocycles. The summed E-state index contributed by atoms with van der Waals surface area (Å²) in [5.74, 6) is 0.282. The minimum atomic E-state index is 0.104. The van der Waals surface area contributed by atoms with Crippen LogP contribution in [-0.2, 0) is 4.79 Å². The van der Waals surface area contributed by atoms with Crippen molar-refractivity contribution in [2.75, 3.05) is 0 Å². The number of carbonyl (C=O) groups excluding carboxylic acids is 1. The molecule has 2 nitrogen and oxygen atoms in total. The van der Waals surface area contributed by atoms with E-state index in [1.165, 1.54) is 5.57 Å². The van der Waals surface area contributed by atoms with Crippen LogP contribution in [0.1, 0.15) is 40.0 Å². The number of rotatable bonds is 2. The minimum absolute atomic E-state index is 0.104. The fourth-order valence-corrected chi connectivity index (χ4v) is 1.46. The molecule has 1 amide bonds. The van der Waals surface area contributed by atoms with Crippen molar-refractivity contribution >= 4 is 5.91 Å². The number of allylic oxidation sites excluding steroid dienone is 1. The molecule has 0 aromatic rings. The highest BCUT2D eigenvalue weighted by molar-refractivity contribution is 5.78. The van der Waals surface area contributed by atoms with Gasteiger partial charge in [-0.2, -0.15) is 0 Å². The first-order chi connectivity index (χ1) is 6.09. The van der Waals surface area contributed by atoms with Gasteiger partial charge in [-0.05, 0) is 26.2 Å². The van der Waals surface area contributed by atoms with Crippen LogP contribution in [0.4, 0.5) is 0 Å². The Morgan fingerprint density at radius 3 is 2.77 bits per heavy atom. The van der Waals surface area contributed by atoms with Crippen LogP contribution in [0.2, 0.25) is 0 Å². The third kappa shape index (κ3) is 3.21. The third-order valence-electron chi connectivity index (χ3n) is 2.51. The largest absolute Gasteiger partial charge is 0.353 e. The molecule has 13 heavy (non-hydrogen) atoms. The fraction of sp³-hybridized carbons (Fsp3) is 0.727. The Morgan fingerprint density at radius 1 is 1.62 bits per heavy atom. The molecule has 1 atom stereocenters. The van der Waals surface area contributed by atoms with Gasteiger partial charge in [0.2, 0.25) is 5.91 Å². The molecule has 0 saturated heterocycles. The Hall–Kier alpha value is -0.790. The summed E-state index contributed by atoms with van der Waals surface area (Å²) in [6, 6.07) is 0.374. The summed E-state index contributed by atoms with van der Waals surface area (Å²) >= 11 is 0. The molecule has 0 aromatic heterocycles. The molecule has 0 aliphatic heterocycles. The number of amides is 1. The van der Waals surface area contributed by atoms with Crippen LogP contribution in [0.15, 0.2) is 11.6 Å². The molecule has 0 unspecified atom stereocenters. The second-order valence-corrected chi connectivity index (χ2v) is 4.19. The van der Waals surface area contributed by atoms with E-state index < -0.39 is 0 Å². The lowest BCUT2D eigenvalue weighted by atomic mass is 9.96. The smallest absolute Gasteiger partial charge is 0.222 e. The van der Waals surface area contributed by atoms with Gasteiger partial charge in [-0.3, -0.25) is 4.79 Å². The second kappa shape index (κ2) is 4.45. The normalized spacial score (nSPS) is 22.8. The first-order valence-electron chi connectivity index (χ1n) is 5.05. The van der Waals surface area contributed by atoms with Crippen LogP contribution in [0.25, 0.3) is 0 Å². The van der Waals surface area contributed by atoms with Gasteiger partial charge in [-0.15, -0.1) is 0 Å². The van der Waals surface area contributed by atoms with Gasteiger partial charge >= 0.3 is 0 Å². The van der Waals surface area contributed by atoms with E-state index in [4.69, 9.17) is 0 Å². The third-order valence-corrected chi connectivity index (χ3v) is 2.51. The standard InChI is InChI=1S/C11H19NO/c1-8(2)11(13)12-10-6-4-9(3)5-7-10/h4,8,10H,5-7H2,1-3H3,(H,12,13)/t10-/m1/s1. The molecule has 0 saturated carbocycles. The SMILES string of the molecule is CC1=CC[C@@H](NC(=O)C(C)C)CC1. The van der Waals surface area contributed by atoms with Crippen LogP contribution < -0.4 is 5.32 Å². The summed E-state index contributed by atoms with van der Waals surface area (Å²) in [7, 11) is 0. The van der Waals surface area contributed by atoms with Crippen molar-refractivity contribution in [3.63, 3.8) is 0 Å². The Bertz CT molecular complexity index is 218. The van der Waals surface area contributed by atoms with Crippen molar-refractivity contribution in [3.8, 4) is 0 Å². The number of hydrogen-bond donors (Lipinski definition) is 1. The van der Waals surface area contributed by atoms with Gasteiger partial charge in [0.05, 0.1) is 0 Å². The summed E-state index contributed by atoms with van der Waals surface area (Å²) in [5.41, 5.74) is 1.45. The van der Waals surface area contributed by atoms with E-state index in [2.05, 4.69) is 18.3 Å². The minimum Gasteiger partial charge on any atom is -0.353 e. The molecular weight excluding hydrogens is 162 g/mol. The number of carbonyl (C=O) groups is 1. The highest BCUT2D eigenvalue weighted by Gasteiger charge is 2.16. The van der Waals surface area contributed by atoms with E-state index >= 15 is 0 Å². The van der Waals surface area contributed by atoms with Crippen LogP contribution in [0.5, 0.6) is 0 Å². The maximum absolute atomic E-state index is 11.4. The van der Waals surface area contributed by atoms with E-state index in [9.17, 15) is 4.79 Å². The predicted octanol–water partition coefficient (Wildman–Crippen LogP) is 2.26. The average Bonchev–Trinajstić information content (AvgIpc) is 2.08. The quantitative estimate of drug-likeness (QED) is 0.650. The summed E-state index contributed by atoms with van der Waals surface area (Å²) in [4.78, 5) is 11.4. The van der Waals surface area contributed by atoms with Crippen LogP contribution >= 0.6 is 0 Å². The van der Waals surface area contributed by atoms with E-state index in [1.807, 2.05) is 13.8 Å². The molecule has 0 spiro atoms. The molecule has 2 heteroatoms. The van der Waals surface area contributed by atoms with Gasteiger partial charge in [-0.1, -0.05) is 25.5 Å². The Labute approximate surface area is 80.4 Å². The van der Waals surface area contributed by atoms with Crippen LogP contribution in [0.3, 0.4) is 0 Å². The highest BCUT2D eigenvalue weighted by atomic mass is 16.1. The lowest BCUT2D eigenvalue weighted by Gasteiger charge is -2.22. The molecule has 0 aromatic carbocycles. The van der Waals surface area contributed by atoms with Crippen molar-refractivity contribution in [2.45, 2.75) is 46.1 Å². The first kappa shape index (κ1) is 10.3. The predicted molar refractivity (Wildman–Crippen MR) is 54.4 cm³/mol. The summed E-state index contributed by atoms with van der Waals surface area (Å²) < 4.78 is 0. The zero-order chi connectivity index (χ0) is 9.84. The Balaban J connectivity index is 2.35. The van der Waals surface area contributed by atoms with E-state index in [0.29, 0.717) is 6.04 Å². The summed E-state index contributed by atoms with van der Waals surface area (Å²) in [6.07, 6.45) is 5.46. The Morgan fingerprint density at radius 2 is 2.31 bits per heavy atom. The molecule has 1 aliphatic rings. The molecule has 1 N–H and O–H groups in total.